The molecule has 0 aliphatic carbocycles. The number of carbonyl (C=O) groups excluding carboxylic acids is 1. The predicted molar refractivity (Wildman–Crippen MR) is 109 cm³/mol. The highest BCUT2D eigenvalue weighted by Gasteiger charge is 2.35. The number of alkyl halides is 3. The third-order valence-corrected chi connectivity index (χ3v) is 5.36. The number of aryl methyl sites for hydroxylation is 1. The second-order valence-corrected chi connectivity index (χ2v) is 7.42. The summed E-state index contributed by atoms with van der Waals surface area (Å²) >= 11 is 1.15. The van der Waals surface area contributed by atoms with Crippen molar-refractivity contribution >= 4 is 22.4 Å². The molecule has 2 heterocycles. The number of nitrogens with one attached hydrogen (secondary N) is 1. The molecular weight excluding hydrogens is 413 g/mol. The fourth-order valence-electron chi connectivity index (χ4n) is 2.99. The summed E-state index contributed by atoms with van der Waals surface area (Å²) in [6.45, 7) is 0. The molecule has 9 heteroatoms. The number of aromatic nitrogens is 3. The van der Waals surface area contributed by atoms with Gasteiger partial charge in [-0.15, -0.1) is 0 Å². The van der Waals surface area contributed by atoms with Crippen LogP contribution in [0.5, 0.6) is 0 Å². The van der Waals surface area contributed by atoms with Crippen LogP contribution in [0.1, 0.15) is 15.9 Å². The molecule has 0 atom stereocenters. The maximum Gasteiger partial charge on any atom is 0.417 e. The standard InChI is InChI=1S/C21H15F3N4OS/c1-28-12-11-25-18(28)17-16(13-7-3-2-4-8-13)26-20(30-17)27-19(29)14-9-5-6-10-15(14)21(22,23)24/h2-12H,1H3,(H,26,27,29). The third-order valence-electron chi connectivity index (χ3n) is 4.40. The molecule has 0 saturated carbocycles. The van der Waals surface area contributed by atoms with E-state index in [9.17, 15) is 18.0 Å². The third kappa shape index (κ3) is 3.84. The lowest BCUT2D eigenvalue weighted by Gasteiger charge is -2.11. The van der Waals surface area contributed by atoms with Gasteiger partial charge in [0.1, 0.15) is 0 Å². The van der Waals surface area contributed by atoms with Crippen molar-refractivity contribution in [2.24, 2.45) is 7.05 Å². The Morgan fingerprint density at radius 3 is 2.43 bits per heavy atom. The van der Waals surface area contributed by atoms with Crippen LogP contribution in [-0.2, 0) is 13.2 Å². The van der Waals surface area contributed by atoms with Crippen molar-refractivity contribution in [2.45, 2.75) is 6.18 Å². The number of benzene rings is 2. The molecule has 1 N–H and O–H groups in total. The average Bonchev–Trinajstić information content (AvgIpc) is 3.33. The van der Waals surface area contributed by atoms with Gasteiger partial charge < -0.3 is 4.57 Å². The number of carbonyl (C=O) groups is 1. The Labute approximate surface area is 173 Å². The van der Waals surface area contributed by atoms with Crippen molar-refractivity contribution in [1.82, 2.24) is 14.5 Å². The maximum absolute atomic E-state index is 13.3. The normalized spacial score (nSPS) is 11.5. The molecule has 0 spiro atoms. The van der Waals surface area contributed by atoms with E-state index in [0.717, 1.165) is 29.0 Å². The van der Waals surface area contributed by atoms with Crippen LogP contribution < -0.4 is 5.32 Å². The Balaban J connectivity index is 1.74. The molecule has 4 aromatic rings. The first-order chi connectivity index (χ1) is 14.3. The quantitative estimate of drug-likeness (QED) is 0.468. The number of nitrogens with zero attached hydrogens (tertiary/aromatic N) is 3. The highest BCUT2D eigenvalue weighted by molar-refractivity contribution is 7.19. The minimum Gasteiger partial charge on any atom is -0.333 e. The monoisotopic (exact) mass is 428 g/mol. The Morgan fingerprint density at radius 2 is 1.77 bits per heavy atom. The summed E-state index contributed by atoms with van der Waals surface area (Å²) in [4.78, 5) is 22.2. The maximum atomic E-state index is 13.3. The number of rotatable bonds is 4. The summed E-state index contributed by atoms with van der Waals surface area (Å²) in [6, 6.07) is 14.0. The molecule has 4 rings (SSSR count). The van der Waals surface area contributed by atoms with E-state index in [-0.39, 0.29) is 5.13 Å². The molecular formula is C21H15F3N4OS. The van der Waals surface area contributed by atoms with Crippen molar-refractivity contribution < 1.29 is 18.0 Å². The summed E-state index contributed by atoms with van der Waals surface area (Å²) in [6.07, 6.45) is -1.21. The van der Waals surface area contributed by atoms with Gasteiger partial charge in [-0.05, 0) is 12.1 Å². The number of hydrogen-bond acceptors (Lipinski definition) is 4. The molecule has 5 nitrogen and oxygen atoms in total. The van der Waals surface area contributed by atoms with Crippen molar-refractivity contribution in [2.75, 3.05) is 5.32 Å². The molecule has 0 radical (unpaired) electrons. The summed E-state index contributed by atoms with van der Waals surface area (Å²) < 4.78 is 41.6. The molecule has 0 bridgehead atoms. The Morgan fingerprint density at radius 1 is 1.07 bits per heavy atom. The molecule has 0 aliphatic heterocycles. The summed E-state index contributed by atoms with van der Waals surface area (Å²) in [5.74, 6) is -0.231. The molecule has 1 amide bonds. The Hall–Kier alpha value is -3.46. The molecule has 2 aromatic heterocycles. The van der Waals surface area contributed by atoms with Gasteiger partial charge in [0.2, 0.25) is 0 Å². The van der Waals surface area contributed by atoms with Crippen molar-refractivity contribution in [3.05, 3.63) is 78.1 Å². The fraction of sp³-hybridized carbons (Fsp3) is 0.0952. The van der Waals surface area contributed by atoms with E-state index >= 15 is 0 Å². The number of imidazole rings is 1. The Bertz CT molecular complexity index is 1200. The number of halogens is 3. The van der Waals surface area contributed by atoms with Crippen LogP contribution in [0.2, 0.25) is 0 Å². The zero-order valence-electron chi connectivity index (χ0n) is 15.6. The van der Waals surface area contributed by atoms with E-state index in [2.05, 4.69) is 15.3 Å². The number of amides is 1. The van der Waals surface area contributed by atoms with E-state index in [1.54, 1.807) is 12.4 Å². The minimum absolute atomic E-state index is 0.189. The van der Waals surface area contributed by atoms with E-state index < -0.39 is 23.2 Å². The number of anilines is 1. The zero-order valence-corrected chi connectivity index (χ0v) is 16.5. The van der Waals surface area contributed by atoms with Gasteiger partial charge in [0.05, 0.1) is 21.7 Å². The smallest absolute Gasteiger partial charge is 0.333 e. The summed E-state index contributed by atoms with van der Waals surface area (Å²) in [5.41, 5.74) is -0.0519. The number of hydrogen-bond donors (Lipinski definition) is 1. The van der Waals surface area contributed by atoms with Gasteiger partial charge in [-0.25, -0.2) is 9.97 Å². The molecule has 0 saturated heterocycles. The molecule has 2 aromatic carbocycles. The topological polar surface area (TPSA) is 59.8 Å². The SMILES string of the molecule is Cn1ccnc1-c1sc(NC(=O)c2ccccc2C(F)(F)F)nc1-c1ccccc1. The van der Waals surface area contributed by atoms with Crippen molar-refractivity contribution in [3.63, 3.8) is 0 Å². The molecule has 30 heavy (non-hydrogen) atoms. The van der Waals surface area contributed by atoms with Crippen molar-refractivity contribution in [3.8, 4) is 22.0 Å². The van der Waals surface area contributed by atoms with Gasteiger partial charge in [-0.2, -0.15) is 13.2 Å². The second kappa shape index (κ2) is 7.75. The average molecular weight is 428 g/mol. The van der Waals surface area contributed by atoms with Gasteiger partial charge in [0.25, 0.3) is 5.91 Å². The second-order valence-electron chi connectivity index (χ2n) is 6.42. The zero-order chi connectivity index (χ0) is 21.3. The lowest BCUT2D eigenvalue weighted by Crippen LogP contribution is -2.18. The largest absolute Gasteiger partial charge is 0.417 e. The van der Waals surface area contributed by atoms with E-state index in [4.69, 9.17) is 0 Å². The highest BCUT2D eigenvalue weighted by atomic mass is 32.1. The lowest BCUT2D eigenvalue weighted by molar-refractivity contribution is -0.137. The predicted octanol–water partition coefficient (Wildman–Crippen LogP) is 5.48. The first kappa shape index (κ1) is 19.8. The summed E-state index contributed by atoms with van der Waals surface area (Å²) in [7, 11) is 1.83. The van der Waals surface area contributed by atoms with E-state index in [1.165, 1.54) is 12.1 Å². The van der Waals surface area contributed by atoms with Crippen LogP contribution in [-0.4, -0.2) is 20.4 Å². The van der Waals surface area contributed by atoms with Crippen LogP contribution in [0.3, 0.4) is 0 Å². The van der Waals surface area contributed by atoms with E-state index in [0.29, 0.717) is 16.4 Å². The summed E-state index contributed by atoms with van der Waals surface area (Å²) in [5, 5.41) is 2.70. The molecule has 0 aliphatic rings. The minimum atomic E-state index is -4.63. The first-order valence-electron chi connectivity index (χ1n) is 8.86. The molecule has 152 valence electrons. The van der Waals surface area contributed by atoms with Crippen LogP contribution >= 0.6 is 11.3 Å². The van der Waals surface area contributed by atoms with Crippen molar-refractivity contribution in [1.29, 1.82) is 0 Å². The first-order valence-corrected chi connectivity index (χ1v) is 9.68. The van der Waals surface area contributed by atoms with Gasteiger partial charge >= 0.3 is 6.18 Å². The molecule has 0 fully saturated rings. The van der Waals surface area contributed by atoms with Crippen LogP contribution in [0.25, 0.3) is 22.0 Å². The number of thiazole rings is 1. The fourth-order valence-corrected chi connectivity index (χ4v) is 4.02. The van der Waals surface area contributed by atoms with Gasteiger partial charge in [0, 0.05) is 25.0 Å². The van der Waals surface area contributed by atoms with Gasteiger partial charge in [0.15, 0.2) is 11.0 Å². The highest BCUT2D eigenvalue weighted by Crippen LogP contribution is 2.38. The Kier molecular flexibility index (Phi) is 5.13. The molecule has 0 unspecified atom stereocenters. The van der Waals surface area contributed by atoms with Gasteiger partial charge in [-0.1, -0.05) is 53.8 Å². The lowest BCUT2D eigenvalue weighted by atomic mass is 10.1. The van der Waals surface area contributed by atoms with Gasteiger partial charge in [-0.3, -0.25) is 10.1 Å². The van der Waals surface area contributed by atoms with Crippen LogP contribution in [0, 0.1) is 0 Å². The van der Waals surface area contributed by atoms with E-state index in [1.807, 2.05) is 41.9 Å². The van der Waals surface area contributed by atoms with Crippen LogP contribution in [0.4, 0.5) is 18.3 Å². The van der Waals surface area contributed by atoms with Crippen LogP contribution in [0.15, 0.2) is 67.0 Å².